The van der Waals surface area contributed by atoms with Crippen molar-refractivity contribution in [1.82, 2.24) is 0 Å². The third-order valence-corrected chi connectivity index (χ3v) is 9.79. The van der Waals surface area contributed by atoms with Crippen molar-refractivity contribution in [2.75, 3.05) is 39.6 Å². The molecule has 0 bridgehead atoms. The summed E-state index contributed by atoms with van der Waals surface area (Å²) in [6.07, 6.45) is 37.0. The maximum Gasteiger partial charge on any atom is 0.100 e. The summed E-state index contributed by atoms with van der Waals surface area (Å²) in [7, 11) is 0. The summed E-state index contributed by atoms with van der Waals surface area (Å²) < 4.78 is 18.1. The Balaban J connectivity index is 4.43. The molecule has 0 spiro atoms. The number of ether oxygens (including phenoxy) is 3. The van der Waals surface area contributed by atoms with E-state index in [1.807, 2.05) is 0 Å². The minimum absolute atomic E-state index is 0.0952. The van der Waals surface area contributed by atoms with Crippen LogP contribution in [-0.4, -0.2) is 84.5 Å². The van der Waals surface area contributed by atoms with Crippen LogP contribution in [0.1, 0.15) is 206 Å². The number of rotatable bonds is 42. The zero-order valence-electron chi connectivity index (χ0n) is 32.8. The van der Waals surface area contributed by atoms with E-state index in [1.165, 1.54) is 167 Å². The Morgan fingerprint density at radius 1 is 0.347 bits per heavy atom. The van der Waals surface area contributed by atoms with Gasteiger partial charge in [-0.05, 0) is 12.8 Å². The molecule has 0 rings (SSSR count). The first-order valence-electron chi connectivity index (χ1n) is 21.5. The van der Waals surface area contributed by atoms with E-state index in [9.17, 15) is 20.4 Å². The molecule has 0 aliphatic carbocycles. The molecule has 0 saturated heterocycles. The van der Waals surface area contributed by atoms with Crippen molar-refractivity contribution in [3.8, 4) is 0 Å². The number of aliphatic hydroxyl groups is 4. The van der Waals surface area contributed by atoms with Crippen LogP contribution < -0.4 is 0 Å². The van der Waals surface area contributed by atoms with Crippen LogP contribution in [0.25, 0.3) is 0 Å². The van der Waals surface area contributed by atoms with Crippen molar-refractivity contribution < 1.29 is 34.6 Å². The Morgan fingerprint density at radius 2 is 0.592 bits per heavy atom. The molecular weight excluding hydrogens is 616 g/mol. The molecule has 7 nitrogen and oxygen atoms in total. The molecule has 0 heterocycles. The molecule has 0 aromatic carbocycles. The number of aliphatic hydroxyl groups excluding tert-OH is 4. The van der Waals surface area contributed by atoms with Gasteiger partial charge in [0.2, 0.25) is 0 Å². The van der Waals surface area contributed by atoms with Crippen LogP contribution in [0.4, 0.5) is 0 Å². The Kier molecular flexibility index (Phi) is 40.3. The van der Waals surface area contributed by atoms with Crippen molar-refractivity contribution >= 4 is 0 Å². The summed E-state index contributed by atoms with van der Waals surface area (Å²) in [6.45, 7) is 4.88. The molecule has 0 aromatic rings. The summed E-state index contributed by atoms with van der Waals surface area (Å²) in [5.74, 6) is 0. The molecule has 4 atom stereocenters. The molecule has 4 N–H and O–H groups in total. The van der Waals surface area contributed by atoms with Gasteiger partial charge in [-0.3, -0.25) is 0 Å². The third-order valence-electron chi connectivity index (χ3n) is 9.79. The van der Waals surface area contributed by atoms with Crippen LogP contribution in [0, 0.1) is 0 Å². The van der Waals surface area contributed by atoms with Crippen LogP contribution in [0.5, 0.6) is 0 Å². The van der Waals surface area contributed by atoms with Crippen molar-refractivity contribution in [2.24, 2.45) is 0 Å². The molecule has 0 amide bonds. The molecule has 0 aromatic heterocycles. The SMILES string of the molecule is CCCCCCCCCCCCCCCCC(COCC(O)CO)OC(CCCCCCCCCCCCCCCC)COCC(O)CO. The largest absolute Gasteiger partial charge is 0.394 e. The van der Waals surface area contributed by atoms with Crippen molar-refractivity contribution in [1.29, 1.82) is 0 Å². The van der Waals surface area contributed by atoms with Gasteiger partial charge in [-0.2, -0.15) is 0 Å². The van der Waals surface area contributed by atoms with Crippen LogP contribution in [0.3, 0.4) is 0 Å². The lowest BCUT2D eigenvalue weighted by atomic mass is 10.0. The maximum absolute atomic E-state index is 9.77. The summed E-state index contributed by atoms with van der Waals surface area (Å²) in [5.41, 5.74) is 0. The minimum Gasteiger partial charge on any atom is -0.394 e. The lowest BCUT2D eigenvalue weighted by molar-refractivity contribution is -0.107. The first-order valence-corrected chi connectivity index (χ1v) is 21.5. The molecule has 4 unspecified atom stereocenters. The molecule has 7 heteroatoms. The standard InChI is InChI=1S/C42H86O7/c1-3-5-7-9-11-13-15-17-19-21-23-25-27-29-31-41(37-47-35-39(45)33-43)49-42(38-48-36-40(46)34-44)32-30-28-26-24-22-20-18-16-14-12-10-8-6-4-2/h39-46H,3-38H2,1-2H3. The van der Waals surface area contributed by atoms with Gasteiger partial charge >= 0.3 is 0 Å². The van der Waals surface area contributed by atoms with Gasteiger partial charge in [0.05, 0.1) is 51.8 Å². The van der Waals surface area contributed by atoms with E-state index in [-0.39, 0.29) is 38.6 Å². The first-order chi connectivity index (χ1) is 24.1. The minimum atomic E-state index is -0.878. The Morgan fingerprint density at radius 3 is 0.837 bits per heavy atom. The van der Waals surface area contributed by atoms with Gasteiger partial charge in [-0.15, -0.1) is 0 Å². The van der Waals surface area contributed by atoms with E-state index in [0.29, 0.717) is 13.2 Å². The normalized spacial score (nSPS) is 14.3. The summed E-state index contributed by atoms with van der Waals surface area (Å²) in [4.78, 5) is 0. The van der Waals surface area contributed by atoms with Gasteiger partial charge < -0.3 is 34.6 Å². The van der Waals surface area contributed by atoms with Crippen LogP contribution in [0.2, 0.25) is 0 Å². The van der Waals surface area contributed by atoms with E-state index < -0.39 is 12.2 Å². The molecule has 0 fully saturated rings. The van der Waals surface area contributed by atoms with E-state index in [1.54, 1.807) is 0 Å². The number of hydrogen-bond donors (Lipinski definition) is 4. The van der Waals surface area contributed by atoms with Gasteiger partial charge in [-0.1, -0.05) is 194 Å². The maximum atomic E-state index is 9.77. The van der Waals surface area contributed by atoms with Crippen LogP contribution >= 0.6 is 0 Å². The smallest absolute Gasteiger partial charge is 0.100 e. The fourth-order valence-electron chi connectivity index (χ4n) is 6.56. The van der Waals surface area contributed by atoms with Crippen molar-refractivity contribution in [3.05, 3.63) is 0 Å². The lowest BCUT2D eigenvalue weighted by Gasteiger charge is -2.26. The molecule has 49 heavy (non-hydrogen) atoms. The summed E-state index contributed by atoms with van der Waals surface area (Å²) >= 11 is 0. The zero-order valence-corrected chi connectivity index (χ0v) is 32.8. The number of hydrogen-bond acceptors (Lipinski definition) is 7. The second-order valence-corrected chi connectivity index (χ2v) is 14.9. The highest BCUT2D eigenvalue weighted by Crippen LogP contribution is 2.19. The van der Waals surface area contributed by atoms with Gasteiger partial charge in [0.15, 0.2) is 0 Å². The molecule has 0 saturated carbocycles. The zero-order chi connectivity index (χ0) is 35.9. The monoisotopic (exact) mass is 703 g/mol. The van der Waals surface area contributed by atoms with E-state index in [2.05, 4.69) is 13.8 Å². The molecule has 0 aliphatic heterocycles. The predicted molar refractivity (Wildman–Crippen MR) is 206 cm³/mol. The average molecular weight is 703 g/mol. The highest BCUT2D eigenvalue weighted by molar-refractivity contribution is 4.67. The second-order valence-electron chi connectivity index (χ2n) is 14.9. The second kappa shape index (κ2) is 40.5. The summed E-state index contributed by atoms with van der Waals surface area (Å²) in [6, 6.07) is 0. The predicted octanol–water partition coefficient (Wildman–Crippen LogP) is 10.2. The Bertz CT molecular complexity index is 558. The molecule has 0 radical (unpaired) electrons. The highest BCUT2D eigenvalue weighted by atomic mass is 16.6. The molecular formula is C42H86O7. The topological polar surface area (TPSA) is 109 Å². The highest BCUT2D eigenvalue weighted by Gasteiger charge is 2.19. The average Bonchev–Trinajstić information content (AvgIpc) is 3.11. The first kappa shape index (κ1) is 48.7. The van der Waals surface area contributed by atoms with Crippen molar-refractivity contribution in [2.45, 2.75) is 231 Å². The molecule has 296 valence electrons. The Hall–Kier alpha value is -0.280. The lowest BCUT2D eigenvalue weighted by Crippen LogP contribution is -2.32. The third kappa shape index (κ3) is 37.3. The van der Waals surface area contributed by atoms with Gasteiger partial charge in [0.1, 0.15) is 12.2 Å². The fraction of sp³-hybridized carbons (Fsp3) is 1.00. The van der Waals surface area contributed by atoms with Gasteiger partial charge in [-0.25, -0.2) is 0 Å². The van der Waals surface area contributed by atoms with Gasteiger partial charge in [0, 0.05) is 0 Å². The van der Waals surface area contributed by atoms with Gasteiger partial charge in [0.25, 0.3) is 0 Å². The van der Waals surface area contributed by atoms with Crippen LogP contribution in [-0.2, 0) is 14.2 Å². The van der Waals surface area contributed by atoms with Crippen LogP contribution in [0.15, 0.2) is 0 Å². The fourth-order valence-corrected chi connectivity index (χ4v) is 6.56. The van der Waals surface area contributed by atoms with E-state index >= 15 is 0 Å². The molecule has 0 aliphatic rings. The van der Waals surface area contributed by atoms with E-state index in [4.69, 9.17) is 14.2 Å². The number of unbranched alkanes of at least 4 members (excludes halogenated alkanes) is 26. The summed E-state index contributed by atoms with van der Waals surface area (Å²) in [5, 5.41) is 37.9. The quantitative estimate of drug-likeness (QED) is 0.0469. The van der Waals surface area contributed by atoms with Crippen molar-refractivity contribution in [3.63, 3.8) is 0 Å². The Labute approximate surface area is 304 Å². The van der Waals surface area contributed by atoms with E-state index in [0.717, 1.165) is 25.7 Å².